The van der Waals surface area contributed by atoms with E-state index in [1.54, 1.807) is 18.9 Å². The Morgan fingerprint density at radius 3 is 2.92 bits per heavy atom. The SMILES string of the molecule is CCN(C)c1nc(C(=O)N2CCSC2CNC(=O)c2cccc3c2CCO3)c(-c2cccc(OC)c2)s1. The maximum absolute atomic E-state index is 13.9. The van der Waals surface area contributed by atoms with Gasteiger partial charge in [0.15, 0.2) is 5.13 Å². The van der Waals surface area contributed by atoms with Crippen molar-refractivity contribution in [1.29, 1.82) is 0 Å². The van der Waals surface area contributed by atoms with Gasteiger partial charge in [-0.05, 0) is 36.8 Å². The van der Waals surface area contributed by atoms with Gasteiger partial charge in [-0.25, -0.2) is 4.98 Å². The monoisotopic (exact) mass is 538 g/mol. The van der Waals surface area contributed by atoms with Crippen LogP contribution in [0, 0.1) is 0 Å². The molecule has 2 aliphatic rings. The lowest BCUT2D eigenvalue weighted by Gasteiger charge is -2.24. The van der Waals surface area contributed by atoms with E-state index in [1.807, 2.05) is 59.3 Å². The predicted octanol–water partition coefficient (Wildman–Crippen LogP) is 4.15. The van der Waals surface area contributed by atoms with Gasteiger partial charge in [0.25, 0.3) is 11.8 Å². The summed E-state index contributed by atoms with van der Waals surface area (Å²) >= 11 is 3.18. The summed E-state index contributed by atoms with van der Waals surface area (Å²) in [5.74, 6) is 2.05. The maximum atomic E-state index is 13.9. The highest BCUT2D eigenvalue weighted by molar-refractivity contribution is 8.00. The van der Waals surface area contributed by atoms with E-state index in [0.717, 1.165) is 51.4 Å². The second-order valence-corrected chi connectivity index (χ2v) is 11.1. The zero-order chi connectivity index (χ0) is 25.9. The van der Waals surface area contributed by atoms with Crippen LogP contribution in [0.25, 0.3) is 10.4 Å². The second-order valence-electron chi connectivity index (χ2n) is 8.84. The number of aromatic nitrogens is 1. The summed E-state index contributed by atoms with van der Waals surface area (Å²) in [6, 6.07) is 13.3. The molecule has 1 saturated heterocycles. The maximum Gasteiger partial charge on any atom is 0.275 e. The van der Waals surface area contributed by atoms with Crippen molar-refractivity contribution in [1.82, 2.24) is 15.2 Å². The summed E-state index contributed by atoms with van der Waals surface area (Å²) in [4.78, 5) is 36.3. The molecule has 8 nitrogen and oxygen atoms in total. The largest absolute Gasteiger partial charge is 0.497 e. The number of amides is 2. The van der Waals surface area contributed by atoms with E-state index in [9.17, 15) is 9.59 Å². The molecular formula is C27H30N4O4S2. The van der Waals surface area contributed by atoms with Crippen molar-refractivity contribution >= 4 is 40.0 Å². The predicted molar refractivity (Wildman–Crippen MR) is 148 cm³/mol. The number of benzene rings is 2. The lowest BCUT2D eigenvalue weighted by molar-refractivity contribution is 0.0747. The first-order chi connectivity index (χ1) is 18.0. The molecule has 1 aromatic heterocycles. The van der Waals surface area contributed by atoms with Gasteiger partial charge in [0.2, 0.25) is 0 Å². The summed E-state index contributed by atoms with van der Waals surface area (Å²) in [7, 11) is 3.60. The van der Waals surface area contributed by atoms with Crippen LogP contribution in [0.1, 0.15) is 33.3 Å². The number of thioether (sulfide) groups is 1. The Balaban J connectivity index is 1.37. The standard InChI is InChI=1S/C27H30N4O4S2/c1-4-30(2)27-29-23(24(37-27)17-7-5-8-18(15-17)34-3)26(33)31-12-14-36-22(31)16-28-25(32)20-9-6-10-21-19(20)11-13-35-21/h5-10,15,22H,4,11-14,16H2,1-3H3,(H,28,32). The summed E-state index contributed by atoms with van der Waals surface area (Å²) in [5.41, 5.74) is 2.92. The number of nitrogens with zero attached hydrogens (tertiary/aromatic N) is 3. The lowest BCUT2D eigenvalue weighted by Crippen LogP contribution is -2.42. The molecule has 5 rings (SSSR count). The molecule has 3 heterocycles. The Morgan fingerprint density at radius 2 is 2.11 bits per heavy atom. The number of ether oxygens (including phenoxy) is 2. The molecule has 0 saturated carbocycles. The normalized spacial score (nSPS) is 16.3. The minimum Gasteiger partial charge on any atom is -0.497 e. The van der Waals surface area contributed by atoms with Gasteiger partial charge >= 0.3 is 0 Å². The highest BCUT2D eigenvalue weighted by atomic mass is 32.2. The van der Waals surface area contributed by atoms with Crippen LogP contribution in [0.4, 0.5) is 5.13 Å². The minimum atomic E-state index is -0.170. The van der Waals surface area contributed by atoms with Crippen LogP contribution in [0.3, 0.4) is 0 Å². The van der Waals surface area contributed by atoms with E-state index in [2.05, 4.69) is 12.2 Å². The van der Waals surface area contributed by atoms with Crippen molar-refractivity contribution in [3.8, 4) is 21.9 Å². The fourth-order valence-electron chi connectivity index (χ4n) is 4.48. The average molecular weight is 539 g/mol. The van der Waals surface area contributed by atoms with Gasteiger partial charge in [-0.2, -0.15) is 0 Å². The summed E-state index contributed by atoms with van der Waals surface area (Å²) in [6.07, 6.45) is 0.729. The number of fused-ring (bicyclic) bond motifs is 1. The third kappa shape index (κ3) is 5.13. The van der Waals surface area contributed by atoms with E-state index < -0.39 is 0 Å². The van der Waals surface area contributed by atoms with Gasteiger partial charge in [0, 0.05) is 50.0 Å². The molecule has 0 bridgehead atoms. The van der Waals surface area contributed by atoms with Gasteiger partial charge in [0.1, 0.15) is 17.2 Å². The van der Waals surface area contributed by atoms with Gasteiger partial charge in [-0.15, -0.1) is 11.8 Å². The molecular weight excluding hydrogens is 508 g/mol. The number of rotatable bonds is 8. The van der Waals surface area contributed by atoms with Crippen molar-refractivity contribution < 1.29 is 19.1 Å². The molecule has 0 radical (unpaired) electrons. The number of thiazole rings is 1. The summed E-state index contributed by atoms with van der Waals surface area (Å²) < 4.78 is 11.0. The summed E-state index contributed by atoms with van der Waals surface area (Å²) in [6.45, 7) is 4.39. The minimum absolute atomic E-state index is 0.122. The Hall–Kier alpha value is -3.24. The van der Waals surface area contributed by atoms with Crippen molar-refractivity contribution in [3.63, 3.8) is 0 Å². The van der Waals surface area contributed by atoms with E-state index >= 15 is 0 Å². The van der Waals surface area contributed by atoms with Crippen LogP contribution < -0.4 is 19.7 Å². The van der Waals surface area contributed by atoms with Crippen molar-refractivity contribution in [2.45, 2.75) is 18.7 Å². The molecule has 37 heavy (non-hydrogen) atoms. The number of hydrogen-bond acceptors (Lipinski definition) is 8. The van der Waals surface area contributed by atoms with Crippen LogP contribution >= 0.6 is 23.1 Å². The number of anilines is 1. The van der Waals surface area contributed by atoms with Gasteiger partial charge in [-0.1, -0.05) is 29.5 Å². The first-order valence-electron chi connectivity index (χ1n) is 12.3. The molecule has 2 aromatic carbocycles. The zero-order valence-corrected chi connectivity index (χ0v) is 22.8. The van der Waals surface area contributed by atoms with Crippen LogP contribution in [-0.2, 0) is 6.42 Å². The zero-order valence-electron chi connectivity index (χ0n) is 21.2. The number of carbonyl (C=O) groups excluding carboxylic acids is 2. The van der Waals surface area contributed by atoms with Gasteiger partial charge in [-0.3, -0.25) is 9.59 Å². The molecule has 1 fully saturated rings. The van der Waals surface area contributed by atoms with Crippen molar-refractivity contribution in [2.75, 3.05) is 51.1 Å². The number of hydrogen-bond donors (Lipinski definition) is 1. The van der Waals surface area contributed by atoms with Crippen LogP contribution in [0.5, 0.6) is 11.5 Å². The first-order valence-corrected chi connectivity index (χ1v) is 14.2. The van der Waals surface area contributed by atoms with E-state index in [1.165, 1.54) is 11.3 Å². The Labute approximate surface area is 225 Å². The molecule has 194 valence electrons. The van der Waals surface area contributed by atoms with E-state index in [4.69, 9.17) is 14.5 Å². The van der Waals surface area contributed by atoms with Crippen LogP contribution in [0.2, 0.25) is 0 Å². The fraction of sp³-hybridized carbons (Fsp3) is 0.370. The topological polar surface area (TPSA) is 84.0 Å². The average Bonchev–Trinajstić information content (AvgIpc) is 3.70. The number of carbonyl (C=O) groups is 2. The number of methoxy groups -OCH3 is 1. The van der Waals surface area contributed by atoms with Crippen molar-refractivity contribution in [2.24, 2.45) is 0 Å². The van der Waals surface area contributed by atoms with Crippen LogP contribution in [0.15, 0.2) is 42.5 Å². The van der Waals surface area contributed by atoms with E-state index in [0.29, 0.717) is 31.0 Å². The quantitative estimate of drug-likeness (QED) is 0.461. The molecule has 10 heteroatoms. The molecule has 2 aliphatic heterocycles. The molecule has 3 aromatic rings. The molecule has 2 amide bonds. The highest BCUT2D eigenvalue weighted by Gasteiger charge is 2.34. The highest BCUT2D eigenvalue weighted by Crippen LogP contribution is 2.38. The number of nitrogens with one attached hydrogen (secondary N) is 1. The molecule has 1 atom stereocenters. The van der Waals surface area contributed by atoms with Crippen molar-refractivity contribution in [3.05, 3.63) is 59.3 Å². The Morgan fingerprint density at radius 1 is 1.27 bits per heavy atom. The molecule has 1 unspecified atom stereocenters. The molecule has 0 aliphatic carbocycles. The fourth-order valence-corrected chi connectivity index (χ4v) is 6.72. The molecule has 0 spiro atoms. The Kier molecular flexibility index (Phi) is 7.57. The first kappa shape index (κ1) is 25.4. The third-order valence-electron chi connectivity index (χ3n) is 6.63. The summed E-state index contributed by atoms with van der Waals surface area (Å²) in [5, 5.41) is 3.67. The third-order valence-corrected chi connectivity index (χ3v) is 9.07. The smallest absolute Gasteiger partial charge is 0.275 e. The van der Waals surface area contributed by atoms with Gasteiger partial charge in [0.05, 0.1) is 24.0 Å². The Bertz CT molecular complexity index is 1310. The van der Waals surface area contributed by atoms with Crippen LogP contribution in [-0.4, -0.2) is 73.2 Å². The second kappa shape index (κ2) is 11.0. The molecule has 1 N–H and O–H groups in total. The van der Waals surface area contributed by atoms with Gasteiger partial charge < -0.3 is 24.6 Å². The van der Waals surface area contributed by atoms with E-state index in [-0.39, 0.29) is 17.2 Å². The lowest BCUT2D eigenvalue weighted by atomic mass is 10.0.